The molecule has 0 radical (unpaired) electrons. The van der Waals surface area contributed by atoms with Gasteiger partial charge in [0.1, 0.15) is 6.61 Å². The molecule has 3 nitrogen and oxygen atoms in total. The molecule has 0 saturated carbocycles. The lowest BCUT2D eigenvalue weighted by atomic mass is 10.1. The number of nitrogens with zero attached hydrogens (tertiary/aromatic N) is 1. The molecule has 0 spiro atoms. The van der Waals surface area contributed by atoms with Crippen LogP contribution in [0.3, 0.4) is 0 Å². The van der Waals surface area contributed by atoms with Crippen LogP contribution in [0.4, 0.5) is 0 Å². The first-order chi connectivity index (χ1) is 7.43. The molecule has 1 atom stereocenters. The van der Waals surface area contributed by atoms with Crippen molar-refractivity contribution in [3.05, 3.63) is 42.1 Å². The number of benzene rings is 1. The van der Waals surface area contributed by atoms with Crippen LogP contribution in [0.1, 0.15) is 5.56 Å². The van der Waals surface area contributed by atoms with Gasteiger partial charge in [0.15, 0.2) is 6.29 Å². The molecular weight excluding hydrogens is 190 g/mol. The highest BCUT2D eigenvalue weighted by molar-refractivity contribution is 5.81. The highest BCUT2D eigenvalue weighted by Gasteiger charge is 2.23. The zero-order valence-electron chi connectivity index (χ0n) is 8.22. The zero-order chi connectivity index (χ0) is 10.1. The van der Waals surface area contributed by atoms with Gasteiger partial charge in [-0.2, -0.15) is 0 Å². The Hall–Kier alpha value is -1.45. The Kier molecular flexibility index (Phi) is 2.12. The molecule has 2 aromatic rings. The fraction of sp³-hybridized carbons (Fsp3) is 0.250. The lowest BCUT2D eigenvalue weighted by molar-refractivity contribution is 0.0392. The summed E-state index contributed by atoms with van der Waals surface area (Å²) in [5.41, 5.74) is 2.17. The van der Waals surface area contributed by atoms with Gasteiger partial charge in [-0.3, -0.25) is 4.98 Å². The van der Waals surface area contributed by atoms with Gasteiger partial charge in [-0.25, -0.2) is 0 Å². The highest BCUT2D eigenvalue weighted by atomic mass is 16.8. The molecule has 1 saturated heterocycles. The van der Waals surface area contributed by atoms with Crippen LogP contribution in [0, 0.1) is 0 Å². The predicted octanol–water partition coefficient (Wildman–Crippen LogP) is 2.11. The molecule has 3 rings (SSSR count). The molecule has 1 aromatic carbocycles. The van der Waals surface area contributed by atoms with Crippen LogP contribution in [0.25, 0.3) is 10.9 Å². The first-order valence-corrected chi connectivity index (χ1v) is 4.99. The lowest BCUT2D eigenvalue weighted by Crippen LogP contribution is -1.96. The Morgan fingerprint density at radius 3 is 3.13 bits per heavy atom. The number of hydrogen-bond donors (Lipinski definition) is 0. The van der Waals surface area contributed by atoms with Gasteiger partial charge in [0.05, 0.1) is 12.1 Å². The van der Waals surface area contributed by atoms with Crippen molar-refractivity contribution >= 4 is 10.9 Å². The van der Waals surface area contributed by atoms with Crippen LogP contribution in [-0.2, 0) is 16.1 Å². The molecule has 1 aromatic heterocycles. The molecule has 0 bridgehead atoms. The first kappa shape index (κ1) is 8.83. The molecular formula is C12H11NO2. The van der Waals surface area contributed by atoms with Crippen LogP contribution in [0.5, 0.6) is 0 Å². The fourth-order valence-electron chi connectivity index (χ4n) is 1.61. The molecule has 0 N–H and O–H groups in total. The van der Waals surface area contributed by atoms with E-state index in [4.69, 9.17) is 9.47 Å². The van der Waals surface area contributed by atoms with Gasteiger partial charge in [0, 0.05) is 11.6 Å². The van der Waals surface area contributed by atoms with E-state index in [2.05, 4.69) is 17.1 Å². The third-order valence-electron chi connectivity index (χ3n) is 2.46. The number of epoxide rings is 1. The standard InChI is InChI=1S/C12H11NO2/c1-3-9(7-14-12-8-15-12)10-4-2-6-13-11(10)5-1/h1-6,12H,7-8H2/t12-/m1/s1. The molecule has 1 aliphatic rings. The molecule has 76 valence electrons. The van der Waals surface area contributed by atoms with Crippen LogP contribution >= 0.6 is 0 Å². The summed E-state index contributed by atoms with van der Waals surface area (Å²) < 4.78 is 10.5. The molecule has 0 unspecified atom stereocenters. The van der Waals surface area contributed by atoms with E-state index in [-0.39, 0.29) is 6.29 Å². The maximum absolute atomic E-state index is 5.50. The third kappa shape index (κ3) is 1.84. The van der Waals surface area contributed by atoms with E-state index in [9.17, 15) is 0 Å². The lowest BCUT2D eigenvalue weighted by Gasteiger charge is -2.05. The van der Waals surface area contributed by atoms with Crippen molar-refractivity contribution in [3.63, 3.8) is 0 Å². The summed E-state index contributed by atoms with van der Waals surface area (Å²) in [6.45, 7) is 1.32. The highest BCUT2D eigenvalue weighted by Crippen LogP contribution is 2.19. The molecule has 1 aliphatic heterocycles. The normalized spacial score (nSPS) is 19.3. The minimum absolute atomic E-state index is 0.0110. The zero-order valence-corrected chi connectivity index (χ0v) is 8.22. The summed E-state index contributed by atoms with van der Waals surface area (Å²) in [5.74, 6) is 0. The average Bonchev–Trinajstić information content (AvgIpc) is 3.10. The first-order valence-electron chi connectivity index (χ1n) is 4.99. The van der Waals surface area contributed by atoms with Crippen molar-refractivity contribution in [2.45, 2.75) is 12.9 Å². The van der Waals surface area contributed by atoms with Crippen molar-refractivity contribution in [2.24, 2.45) is 0 Å². The Morgan fingerprint density at radius 2 is 2.27 bits per heavy atom. The second-order valence-corrected chi connectivity index (χ2v) is 3.56. The fourth-order valence-corrected chi connectivity index (χ4v) is 1.61. The SMILES string of the molecule is c1cc(CO[C@H]2CO2)c2cccnc2c1. The van der Waals surface area contributed by atoms with Crippen LogP contribution < -0.4 is 0 Å². The van der Waals surface area contributed by atoms with Crippen LogP contribution in [0.2, 0.25) is 0 Å². The topological polar surface area (TPSA) is 34.6 Å². The smallest absolute Gasteiger partial charge is 0.181 e. The van der Waals surface area contributed by atoms with Gasteiger partial charge < -0.3 is 9.47 Å². The molecule has 2 heterocycles. The van der Waals surface area contributed by atoms with Crippen molar-refractivity contribution in [1.29, 1.82) is 0 Å². The van der Waals surface area contributed by atoms with Crippen molar-refractivity contribution in [2.75, 3.05) is 6.61 Å². The Balaban J connectivity index is 1.93. The molecule has 0 amide bonds. The van der Waals surface area contributed by atoms with Crippen molar-refractivity contribution in [1.82, 2.24) is 4.98 Å². The Bertz CT molecular complexity index is 475. The predicted molar refractivity (Wildman–Crippen MR) is 56.3 cm³/mol. The maximum atomic E-state index is 5.50. The van der Waals surface area contributed by atoms with Gasteiger partial charge >= 0.3 is 0 Å². The van der Waals surface area contributed by atoms with E-state index >= 15 is 0 Å². The van der Waals surface area contributed by atoms with E-state index in [0.29, 0.717) is 6.61 Å². The molecule has 1 fully saturated rings. The molecule has 0 aliphatic carbocycles. The Labute approximate surface area is 87.6 Å². The summed E-state index contributed by atoms with van der Waals surface area (Å²) in [5, 5.41) is 1.15. The maximum Gasteiger partial charge on any atom is 0.181 e. The van der Waals surface area contributed by atoms with E-state index < -0.39 is 0 Å². The Morgan fingerprint density at radius 1 is 1.33 bits per heavy atom. The summed E-state index contributed by atoms with van der Waals surface area (Å²) in [6, 6.07) is 10.1. The van der Waals surface area contributed by atoms with Gasteiger partial charge in [-0.15, -0.1) is 0 Å². The molecule has 15 heavy (non-hydrogen) atoms. The van der Waals surface area contributed by atoms with Gasteiger partial charge in [0.25, 0.3) is 0 Å². The monoisotopic (exact) mass is 201 g/mol. The summed E-state index contributed by atoms with van der Waals surface area (Å²) in [4.78, 5) is 4.30. The van der Waals surface area contributed by atoms with E-state index in [0.717, 1.165) is 23.1 Å². The van der Waals surface area contributed by atoms with Gasteiger partial charge in [-0.1, -0.05) is 18.2 Å². The number of fused-ring (bicyclic) bond motifs is 1. The summed E-state index contributed by atoms with van der Waals surface area (Å²) in [6.07, 6.45) is 1.81. The summed E-state index contributed by atoms with van der Waals surface area (Å²) in [7, 11) is 0. The van der Waals surface area contributed by atoms with E-state index in [1.807, 2.05) is 18.2 Å². The average molecular weight is 201 g/mol. The van der Waals surface area contributed by atoms with Crippen LogP contribution in [0.15, 0.2) is 36.5 Å². The van der Waals surface area contributed by atoms with E-state index in [1.54, 1.807) is 6.20 Å². The van der Waals surface area contributed by atoms with Crippen molar-refractivity contribution < 1.29 is 9.47 Å². The quantitative estimate of drug-likeness (QED) is 0.713. The molecule has 3 heteroatoms. The largest absolute Gasteiger partial charge is 0.346 e. The number of ether oxygens (including phenoxy) is 2. The number of pyridine rings is 1. The third-order valence-corrected chi connectivity index (χ3v) is 2.46. The second kappa shape index (κ2) is 3.61. The second-order valence-electron chi connectivity index (χ2n) is 3.56. The van der Waals surface area contributed by atoms with E-state index in [1.165, 1.54) is 0 Å². The van der Waals surface area contributed by atoms with Gasteiger partial charge in [0.2, 0.25) is 0 Å². The number of hydrogen-bond acceptors (Lipinski definition) is 3. The number of rotatable bonds is 3. The van der Waals surface area contributed by atoms with Gasteiger partial charge in [-0.05, 0) is 17.7 Å². The van der Waals surface area contributed by atoms with Crippen molar-refractivity contribution in [3.8, 4) is 0 Å². The minimum atomic E-state index is 0.0110. The summed E-state index contributed by atoms with van der Waals surface area (Å²) >= 11 is 0. The minimum Gasteiger partial charge on any atom is -0.346 e. The van der Waals surface area contributed by atoms with Crippen LogP contribution in [-0.4, -0.2) is 17.9 Å². The number of aromatic nitrogens is 1.